The number of aryl methyl sites for hydroxylation is 1. The first-order chi connectivity index (χ1) is 15.3. The molecule has 166 valence electrons. The third kappa shape index (κ3) is 4.66. The number of para-hydroxylation sites is 2. The Labute approximate surface area is 182 Å². The van der Waals surface area contributed by atoms with Crippen LogP contribution in [-0.2, 0) is 23.9 Å². The first-order valence-electron chi connectivity index (χ1n) is 10.1. The van der Waals surface area contributed by atoms with Crippen LogP contribution < -0.4 is 0 Å². The third-order valence-electron chi connectivity index (χ3n) is 5.17. The van der Waals surface area contributed by atoms with Gasteiger partial charge in [0.2, 0.25) is 11.7 Å². The number of halogens is 3. The van der Waals surface area contributed by atoms with Crippen molar-refractivity contribution in [2.24, 2.45) is 0 Å². The average Bonchev–Trinajstić information content (AvgIpc) is 3.39. The number of benzene rings is 2. The Morgan fingerprint density at radius 2 is 1.81 bits per heavy atom. The number of likely N-dealkylation sites (N-methyl/N-ethyl adjacent to an activating group) is 1. The Morgan fingerprint density at radius 3 is 2.56 bits per heavy atom. The van der Waals surface area contributed by atoms with Crippen molar-refractivity contribution in [1.82, 2.24) is 19.6 Å². The summed E-state index contributed by atoms with van der Waals surface area (Å²) in [5.41, 5.74) is 2.16. The quantitative estimate of drug-likeness (QED) is 0.412. The molecule has 0 aliphatic heterocycles. The summed E-state index contributed by atoms with van der Waals surface area (Å²) in [5, 5.41) is 4.06. The SMILES string of the molecule is CN(CCCc1cc(-c2ccccc2)no1)C(=O)Cn1c(C(F)(F)F)nc2ccccc21. The number of aromatic nitrogens is 3. The molecule has 6 nitrogen and oxygen atoms in total. The van der Waals surface area contributed by atoms with Crippen LogP contribution in [0.4, 0.5) is 13.2 Å². The Hall–Kier alpha value is -3.62. The molecular formula is C23H21F3N4O2. The van der Waals surface area contributed by atoms with Crippen molar-refractivity contribution in [2.75, 3.05) is 13.6 Å². The van der Waals surface area contributed by atoms with Crippen LogP contribution in [-0.4, -0.2) is 39.1 Å². The summed E-state index contributed by atoms with van der Waals surface area (Å²) in [6.45, 7) is -0.0689. The van der Waals surface area contributed by atoms with Gasteiger partial charge in [0.25, 0.3) is 0 Å². The standard InChI is InChI=1S/C23H21F3N4O2/c1-29(13-7-10-17-14-19(28-32-17)16-8-3-2-4-9-16)21(31)15-30-20-12-6-5-11-18(20)27-22(30)23(24,25)26/h2-6,8-9,11-12,14H,7,10,13,15H2,1H3. The van der Waals surface area contributed by atoms with E-state index in [1.807, 2.05) is 36.4 Å². The lowest BCUT2D eigenvalue weighted by Gasteiger charge is -2.18. The summed E-state index contributed by atoms with van der Waals surface area (Å²) in [6.07, 6.45) is -3.51. The van der Waals surface area contributed by atoms with E-state index in [9.17, 15) is 18.0 Å². The highest BCUT2D eigenvalue weighted by Gasteiger charge is 2.38. The molecule has 4 aromatic rings. The highest BCUT2D eigenvalue weighted by molar-refractivity contribution is 5.81. The number of carbonyl (C=O) groups excluding carboxylic acids is 1. The number of alkyl halides is 3. The van der Waals surface area contributed by atoms with Crippen LogP contribution in [0, 0.1) is 0 Å². The molecule has 0 fully saturated rings. The Bertz CT molecular complexity index is 1210. The zero-order valence-electron chi connectivity index (χ0n) is 17.3. The van der Waals surface area contributed by atoms with Crippen LogP contribution in [0.25, 0.3) is 22.3 Å². The van der Waals surface area contributed by atoms with Crippen molar-refractivity contribution in [2.45, 2.75) is 25.6 Å². The van der Waals surface area contributed by atoms with E-state index in [1.165, 1.54) is 17.0 Å². The molecule has 9 heteroatoms. The molecule has 1 amide bonds. The van der Waals surface area contributed by atoms with Crippen molar-refractivity contribution in [1.29, 1.82) is 0 Å². The summed E-state index contributed by atoms with van der Waals surface area (Å²) in [4.78, 5) is 17.7. The van der Waals surface area contributed by atoms with Gasteiger partial charge in [0.1, 0.15) is 18.0 Å². The van der Waals surface area contributed by atoms with Crippen LogP contribution in [0.15, 0.2) is 65.2 Å². The molecule has 2 aromatic heterocycles. The van der Waals surface area contributed by atoms with E-state index in [4.69, 9.17) is 4.52 Å². The fourth-order valence-corrected chi connectivity index (χ4v) is 3.50. The van der Waals surface area contributed by atoms with Gasteiger partial charge in [-0.3, -0.25) is 4.79 Å². The molecule has 0 saturated carbocycles. The monoisotopic (exact) mass is 442 g/mol. The lowest BCUT2D eigenvalue weighted by atomic mass is 10.1. The smallest absolute Gasteiger partial charge is 0.361 e. The first-order valence-corrected chi connectivity index (χ1v) is 10.1. The molecule has 0 atom stereocenters. The van der Waals surface area contributed by atoms with E-state index in [-0.39, 0.29) is 11.0 Å². The molecule has 32 heavy (non-hydrogen) atoms. The summed E-state index contributed by atoms with van der Waals surface area (Å²) in [6, 6.07) is 17.7. The van der Waals surface area contributed by atoms with Gasteiger partial charge in [0, 0.05) is 31.6 Å². The minimum absolute atomic E-state index is 0.204. The van der Waals surface area contributed by atoms with E-state index in [1.54, 1.807) is 19.2 Å². The minimum Gasteiger partial charge on any atom is -0.361 e. The summed E-state index contributed by atoms with van der Waals surface area (Å²) in [5.74, 6) is -0.818. The number of carbonyl (C=O) groups is 1. The first kappa shape index (κ1) is 21.6. The average molecular weight is 442 g/mol. The number of hydrogen-bond donors (Lipinski definition) is 0. The maximum atomic E-state index is 13.4. The normalized spacial score (nSPS) is 11.8. The fourth-order valence-electron chi connectivity index (χ4n) is 3.50. The second-order valence-electron chi connectivity index (χ2n) is 7.47. The van der Waals surface area contributed by atoms with Crippen LogP contribution >= 0.6 is 0 Å². The van der Waals surface area contributed by atoms with Crippen LogP contribution in [0.1, 0.15) is 18.0 Å². The molecule has 0 radical (unpaired) electrons. The van der Waals surface area contributed by atoms with E-state index in [0.29, 0.717) is 25.1 Å². The van der Waals surface area contributed by atoms with Crippen LogP contribution in [0.3, 0.4) is 0 Å². The van der Waals surface area contributed by atoms with Gasteiger partial charge in [-0.15, -0.1) is 0 Å². The predicted octanol–water partition coefficient (Wildman–Crippen LogP) is 4.80. The minimum atomic E-state index is -4.65. The van der Waals surface area contributed by atoms with Gasteiger partial charge in [-0.1, -0.05) is 47.6 Å². The van der Waals surface area contributed by atoms with Crippen LogP contribution in [0.2, 0.25) is 0 Å². The van der Waals surface area contributed by atoms with Gasteiger partial charge in [-0.25, -0.2) is 4.98 Å². The number of imidazole rings is 1. The van der Waals surface area contributed by atoms with Gasteiger partial charge < -0.3 is 14.0 Å². The third-order valence-corrected chi connectivity index (χ3v) is 5.17. The van der Waals surface area contributed by atoms with Crippen molar-refractivity contribution in [3.63, 3.8) is 0 Å². The molecule has 2 heterocycles. The summed E-state index contributed by atoms with van der Waals surface area (Å²) >= 11 is 0. The molecule has 0 aliphatic rings. The van der Waals surface area contributed by atoms with Gasteiger partial charge in [-0.05, 0) is 18.6 Å². The van der Waals surface area contributed by atoms with E-state index in [0.717, 1.165) is 15.8 Å². The number of rotatable bonds is 7. The predicted molar refractivity (Wildman–Crippen MR) is 113 cm³/mol. The van der Waals surface area contributed by atoms with Gasteiger partial charge in [-0.2, -0.15) is 13.2 Å². The number of nitrogens with zero attached hydrogens (tertiary/aromatic N) is 4. The fraction of sp³-hybridized carbons (Fsp3) is 0.261. The van der Waals surface area contributed by atoms with Crippen LogP contribution in [0.5, 0.6) is 0 Å². The van der Waals surface area contributed by atoms with Crippen molar-refractivity contribution in [3.05, 3.63) is 72.2 Å². The maximum Gasteiger partial charge on any atom is 0.449 e. The zero-order chi connectivity index (χ0) is 22.7. The lowest BCUT2D eigenvalue weighted by Crippen LogP contribution is -2.32. The Balaban J connectivity index is 1.38. The van der Waals surface area contributed by atoms with E-state index >= 15 is 0 Å². The highest BCUT2D eigenvalue weighted by atomic mass is 19.4. The maximum absolute atomic E-state index is 13.4. The van der Waals surface area contributed by atoms with E-state index < -0.39 is 24.5 Å². The molecule has 0 aliphatic carbocycles. The number of fused-ring (bicyclic) bond motifs is 1. The molecule has 0 saturated heterocycles. The summed E-state index contributed by atoms with van der Waals surface area (Å²) in [7, 11) is 1.57. The molecule has 0 bridgehead atoms. The van der Waals surface area contributed by atoms with Gasteiger partial charge >= 0.3 is 6.18 Å². The van der Waals surface area contributed by atoms with Crippen molar-refractivity contribution < 1.29 is 22.5 Å². The molecule has 0 spiro atoms. The second-order valence-corrected chi connectivity index (χ2v) is 7.47. The van der Waals surface area contributed by atoms with Gasteiger partial charge in [0.05, 0.1) is 11.0 Å². The Morgan fingerprint density at radius 1 is 1.09 bits per heavy atom. The molecule has 4 rings (SSSR count). The topological polar surface area (TPSA) is 64.2 Å². The molecule has 0 unspecified atom stereocenters. The van der Waals surface area contributed by atoms with Gasteiger partial charge in [0.15, 0.2) is 0 Å². The van der Waals surface area contributed by atoms with Crippen molar-refractivity contribution in [3.8, 4) is 11.3 Å². The Kier molecular flexibility index (Phi) is 5.98. The molecule has 2 aromatic carbocycles. The highest BCUT2D eigenvalue weighted by Crippen LogP contribution is 2.31. The zero-order valence-corrected chi connectivity index (χ0v) is 17.3. The second kappa shape index (κ2) is 8.86. The number of amides is 1. The largest absolute Gasteiger partial charge is 0.449 e. The lowest BCUT2D eigenvalue weighted by molar-refractivity contribution is -0.148. The molecular weight excluding hydrogens is 421 g/mol. The number of hydrogen-bond acceptors (Lipinski definition) is 4. The van der Waals surface area contributed by atoms with Crippen molar-refractivity contribution >= 4 is 16.9 Å². The van der Waals surface area contributed by atoms with E-state index in [2.05, 4.69) is 10.1 Å². The molecule has 0 N–H and O–H groups in total. The summed E-state index contributed by atoms with van der Waals surface area (Å²) < 4.78 is 46.6.